The number of para-hydroxylation sites is 1. The SMILES string of the molecule is COc1ccc(/C(O)=C2/C(=O)C(=O)N(c3ccc(Oc4ccccc4)cc3)C2c2cccc(C)c2)cc1Br. The van der Waals surface area contributed by atoms with Gasteiger partial charge in [0.15, 0.2) is 0 Å². The second-order valence-corrected chi connectivity index (χ2v) is 9.70. The van der Waals surface area contributed by atoms with E-state index in [0.717, 1.165) is 5.56 Å². The molecule has 4 aromatic rings. The number of ether oxygens (including phenoxy) is 2. The molecule has 0 spiro atoms. The minimum atomic E-state index is -0.823. The number of halogens is 1. The quantitative estimate of drug-likeness (QED) is 0.151. The van der Waals surface area contributed by atoms with E-state index in [4.69, 9.17) is 9.47 Å². The molecule has 1 unspecified atom stereocenters. The second-order valence-electron chi connectivity index (χ2n) is 8.84. The van der Waals surface area contributed by atoms with E-state index < -0.39 is 17.7 Å². The normalized spacial score (nSPS) is 16.5. The molecule has 0 aromatic heterocycles. The highest BCUT2D eigenvalue weighted by Gasteiger charge is 2.47. The Bertz CT molecular complexity index is 1550. The van der Waals surface area contributed by atoms with Gasteiger partial charge in [-0.25, -0.2) is 0 Å². The smallest absolute Gasteiger partial charge is 0.300 e. The summed E-state index contributed by atoms with van der Waals surface area (Å²) in [6.45, 7) is 1.94. The average molecular weight is 570 g/mol. The number of carbonyl (C=O) groups excluding carboxylic acids is 2. The van der Waals surface area contributed by atoms with Gasteiger partial charge in [-0.3, -0.25) is 14.5 Å². The summed E-state index contributed by atoms with van der Waals surface area (Å²) >= 11 is 3.43. The van der Waals surface area contributed by atoms with Crippen molar-refractivity contribution in [3.63, 3.8) is 0 Å². The summed E-state index contributed by atoms with van der Waals surface area (Å²) < 4.78 is 11.8. The van der Waals surface area contributed by atoms with Gasteiger partial charge in [0, 0.05) is 11.3 Å². The fraction of sp³-hybridized carbons (Fsp3) is 0.0968. The van der Waals surface area contributed by atoms with Gasteiger partial charge in [-0.05, 0) is 83.0 Å². The van der Waals surface area contributed by atoms with Crippen LogP contribution in [0.15, 0.2) is 107 Å². The minimum absolute atomic E-state index is 0.0160. The Labute approximate surface area is 228 Å². The molecule has 0 saturated carbocycles. The van der Waals surface area contributed by atoms with Crippen molar-refractivity contribution in [1.82, 2.24) is 0 Å². The molecule has 1 fully saturated rings. The lowest BCUT2D eigenvalue weighted by atomic mass is 9.94. The predicted octanol–water partition coefficient (Wildman–Crippen LogP) is 7.18. The Hall–Kier alpha value is -4.36. The molecule has 1 saturated heterocycles. The van der Waals surface area contributed by atoms with E-state index in [1.165, 1.54) is 4.90 Å². The molecule has 7 heteroatoms. The zero-order valence-corrected chi connectivity index (χ0v) is 22.3. The molecule has 1 aliphatic rings. The van der Waals surface area contributed by atoms with Crippen LogP contribution in [0.2, 0.25) is 0 Å². The number of amides is 1. The van der Waals surface area contributed by atoms with Crippen molar-refractivity contribution in [2.75, 3.05) is 12.0 Å². The van der Waals surface area contributed by atoms with Crippen molar-refractivity contribution < 1.29 is 24.2 Å². The van der Waals surface area contributed by atoms with Crippen LogP contribution < -0.4 is 14.4 Å². The third kappa shape index (κ3) is 4.80. The maximum atomic E-state index is 13.4. The molecule has 0 radical (unpaired) electrons. The summed E-state index contributed by atoms with van der Waals surface area (Å²) in [4.78, 5) is 28.3. The van der Waals surface area contributed by atoms with Gasteiger partial charge in [-0.1, -0.05) is 48.0 Å². The number of anilines is 1. The van der Waals surface area contributed by atoms with Crippen LogP contribution in [-0.2, 0) is 9.59 Å². The first kappa shape index (κ1) is 25.3. The summed E-state index contributed by atoms with van der Waals surface area (Å²) in [6.07, 6.45) is 0. The van der Waals surface area contributed by atoms with Gasteiger partial charge < -0.3 is 14.6 Å². The first-order valence-corrected chi connectivity index (χ1v) is 12.7. The molecule has 1 aliphatic heterocycles. The molecule has 5 rings (SSSR count). The maximum Gasteiger partial charge on any atom is 0.300 e. The molecule has 1 heterocycles. The van der Waals surface area contributed by atoms with Crippen LogP contribution in [0.25, 0.3) is 5.76 Å². The van der Waals surface area contributed by atoms with Gasteiger partial charge in [-0.2, -0.15) is 0 Å². The van der Waals surface area contributed by atoms with E-state index >= 15 is 0 Å². The van der Waals surface area contributed by atoms with Gasteiger partial charge >= 0.3 is 0 Å². The van der Waals surface area contributed by atoms with Gasteiger partial charge in [0.25, 0.3) is 11.7 Å². The number of hydrogen-bond acceptors (Lipinski definition) is 5. The lowest BCUT2D eigenvalue weighted by Gasteiger charge is -2.26. The van der Waals surface area contributed by atoms with E-state index in [0.29, 0.717) is 38.5 Å². The third-order valence-electron chi connectivity index (χ3n) is 6.32. The molecule has 4 aromatic carbocycles. The van der Waals surface area contributed by atoms with Crippen molar-refractivity contribution in [2.24, 2.45) is 0 Å². The zero-order valence-electron chi connectivity index (χ0n) is 20.7. The molecule has 1 N–H and O–H groups in total. The van der Waals surface area contributed by atoms with Crippen molar-refractivity contribution in [2.45, 2.75) is 13.0 Å². The standard InChI is InChI=1S/C31H24BrNO5/c1-19-7-6-8-20(17-19)28-27(29(34)21-11-16-26(37-2)25(32)18-21)30(35)31(36)33(28)22-12-14-24(15-13-22)38-23-9-4-3-5-10-23/h3-18,28,34H,1-2H3/b29-27-. The number of aliphatic hydroxyl groups excluding tert-OH is 1. The first-order chi connectivity index (χ1) is 18.4. The highest BCUT2D eigenvalue weighted by Crippen LogP contribution is 2.43. The topological polar surface area (TPSA) is 76.1 Å². The van der Waals surface area contributed by atoms with E-state index in [-0.39, 0.29) is 11.3 Å². The molecule has 6 nitrogen and oxygen atoms in total. The summed E-state index contributed by atoms with van der Waals surface area (Å²) in [5.74, 6) is 0.116. The van der Waals surface area contributed by atoms with Gasteiger partial charge in [-0.15, -0.1) is 0 Å². The van der Waals surface area contributed by atoms with E-state index in [2.05, 4.69) is 15.9 Å². The van der Waals surface area contributed by atoms with Crippen LogP contribution >= 0.6 is 15.9 Å². The first-order valence-electron chi connectivity index (χ1n) is 11.9. The summed E-state index contributed by atoms with van der Waals surface area (Å²) in [5.41, 5.74) is 2.59. The number of nitrogens with zero attached hydrogens (tertiary/aromatic N) is 1. The number of Topliss-reactive ketones (excluding diaryl/α,β-unsaturated/α-hetero) is 1. The van der Waals surface area contributed by atoms with Crippen LogP contribution in [0.4, 0.5) is 5.69 Å². The van der Waals surface area contributed by atoms with Crippen molar-refractivity contribution in [3.05, 3.63) is 124 Å². The van der Waals surface area contributed by atoms with E-state index in [1.54, 1.807) is 49.6 Å². The van der Waals surface area contributed by atoms with Gasteiger partial charge in [0.1, 0.15) is 23.0 Å². The monoisotopic (exact) mass is 569 g/mol. The number of aliphatic hydroxyl groups is 1. The lowest BCUT2D eigenvalue weighted by molar-refractivity contribution is -0.132. The number of hydrogen-bond donors (Lipinski definition) is 1. The summed E-state index contributed by atoms with van der Waals surface area (Å²) in [5, 5.41) is 11.4. The molecule has 0 bridgehead atoms. The fourth-order valence-corrected chi connectivity index (χ4v) is 5.06. The molecule has 1 amide bonds. The largest absolute Gasteiger partial charge is 0.507 e. The van der Waals surface area contributed by atoms with Crippen LogP contribution in [0.3, 0.4) is 0 Å². The van der Waals surface area contributed by atoms with Gasteiger partial charge in [0.2, 0.25) is 0 Å². The lowest BCUT2D eigenvalue weighted by Crippen LogP contribution is -2.29. The second kappa shape index (κ2) is 10.6. The van der Waals surface area contributed by atoms with Crippen LogP contribution in [0, 0.1) is 6.92 Å². The average Bonchev–Trinajstić information content (AvgIpc) is 3.19. The number of rotatable bonds is 6. The Balaban J connectivity index is 1.60. The maximum absolute atomic E-state index is 13.4. The highest BCUT2D eigenvalue weighted by atomic mass is 79.9. The Kier molecular flexibility index (Phi) is 7.03. The van der Waals surface area contributed by atoms with Crippen LogP contribution in [0.5, 0.6) is 17.2 Å². The molecular weight excluding hydrogens is 546 g/mol. The molecular formula is C31H24BrNO5. The van der Waals surface area contributed by atoms with Crippen molar-refractivity contribution in [1.29, 1.82) is 0 Å². The Morgan fingerprint density at radius 1 is 0.868 bits per heavy atom. The van der Waals surface area contributed by atoms with Gasteiger partial charge in [0.05, 0.1) is 23.2 Å². The number of ketones is 1. The number of carbonyl (C=O) groups is 2. The van der Waals surface area contributed by atoms with Crippen molar-refractivity contribution in [3.8, 4) is 17.2 Å². The minimum Gasteiger partial charge on any atom is -0.507 e. The molecule has 1 atom stereocenters. The summed E-state index contributed by atoms with van der Waals surface area (Å²) in [7, 11) is 1.54. The molecule has 190 valence electrons. The van der Waals surface area contributed by atoms with E-state index in [9.17, 15) is 14.7 Å². The van der Waals surface area contributed by atoms with E-state index in [1.807, 2.05) is 61.5 Å². The Morgan fingerprint density at radius 3 is 2.24 bits per heavy atom. The van der Waals surface area contributed by atoms with Crippen LogP contribution in [-0.4, -0.2) is 23.9 Å². The predicted molar refractivity (Wildman–Crippen MR) is 150 cm³/mol. The third-order valence-corrected chi connectivity index (χ3v) is 6.94. The molecule has 38 heavy (non-hydrogen) atoms. The Morgan fingerprint density at radius 2 is 1.58 bits per heavy atom. The fourth-order valence-electron chi connectivity index (χ4n) is 4.52. The van der Waals surface area contributed by atoms with Crippen molar-refractivity contribution >= 4 is 39.1 Å². The zero-order chi connectivity index (χ0) is 26.8. The number of methoxy groups -OCH3 is 1. The highest BCUT2D eigenvalue weighted by molar-refractivity contribution is 9.10. The summed E-state index contributed by atoms with van der Waals surface area (Å²) in [6, 6.07) is 28.0. The number of aryl methyl sites for hydroxylation is 1. The van der Waals surface area contributed by atoms with Crippen LogP contribution in [0.1, 0.15) is 22.7 Å². The molecule has 0 aliphatic carbocycles. The number of benzene rings is 4.